The van der Waals surface area contributed by atoms with Crippen LogP contribution in [0.25, 0.3) is 0 Å². The second kappa shape index (κ2) is 6.60. The molecule has 0 radical (unpaired) electrons. The van der Waals surface area contributed by atoms with Crippen molar-refractivity contribution in [3.05, 3.63) is 65.0 Å². The Kier molecular flexibility index (Phi) is 4.50. The summed E-state index contributed by atoms with van der Waals surface area (Å²) in [5.74, 6) is -0.760. The Bertz CT molecular complexity index is 867. The van der Waals surface area contributed by atoms with E-state index < -0.39 is 17.9 Å². The number of hydrogen-bond donors (Lipinski definition) is 1. The third kappa shape index (κ3) is 3.23. The van der Waals surface area contributed by atoms with Crippen molar-refractivity contribution in [3.8, 4) is 5.75 Å². The fourth-order valence-electron chi connectivity index (χ4n) is 2.55. The van der Waals surface area contributed by atoms with Gasteiger partial charge in [0.2, 0.25) is 0 Å². The molecular formula is C18H15FN2O3S. The van der Waals surface area contributed by atoms with Crippen LogP contribution in [0.4, 0.5) is 4.39 Å². The Labute approximate surface area is 149 Å². The average molecular weight is 358 g/mol. The van der Waals surface area contributed by atoms with Crippen molar-refractivity contribution in [1.29, 1.82) is 0 Å². The van der Waals surface area contributed by atoms with E-state index in [1.54, 1.807) is 31.2 Å². The van der Waals surface area contributed by atoms with Crippen molar-refractivity contribution >= 4 is 29.0 Å². The largest absolute Gasteiger partial charge is 0.489 e. The number of thiocarbonyl (C=S) groups is 1. The van der Waals surface area contributed by atoms with Gasteiger partial charge in [-0.3, -0.25) is 14.5 Å². The van der Waals surface area contributed by atoms with Gasteiger partial charge in [-0.05, 0) is 42.8 Å². The molecule has 0 fully saturated rings. The number of nitrogens with two attached hydrogens (primary N) is 1. The highest BCUT2D eigenvalue weighted by Crippen LogP contribution is 2.28. The lowest BCUT2D eigenvalue weighted by Gasteiger charge is -2.20. The Morgan fingerprint density at radius 1 is 1.16 bits per heavy atom. The van der Waals surface area contributed by atoms with Crippen molar-refractivity contribution in [2.75, 3.05) is 0 Å². The maximum Gasteiger partial charge on any atom is 0.262 e. The fourth-order valence-corrected chi connectivity index (χ4v) is 2.66. The molecule has 0 saturated heterocycles. The van der Waals surface area contributed by atoms with Gasteiger partial charge in [0, 0.05) is 0 Å². The molecule has 2 amide bonds. The van der Waals surface area contributed by atoms with Crippen molar-refractivity contribution in [3.63, 3.8) is 0 Å². The predicted molar refractivity (Wildman–Crippen MR) is 93.9 cm³/mol. The number of carbonyl (C=O) groups excluding carboxylic acids is 2. The summed E-state index contributed by atoms with van der Waals surface area (Å²) in [6, 6.07) is 9.93. The van der Waals surface area contributed by atoms with Gasteiger partial charge in [0.05, 0.1) is 22.2 Å². The van der Waals surface area contributed by atoms with Crippen molar-refractivity contribution in [1.82, 2.24) is 4.90 Å². The minimum Gasteiger partial charge on any atom is -0.489 e. The Morgan fingerprint density at radius 3 is 2.44 bits per heavy atom. The molecule has 0 aliphatic carbocycles. The maximum absolute atomic E-state index is 12.9. The minimum atomic E-state index is -0.661. The fraction of sp³-hybridized carbons (Fsp3) is 0.167. The number of nitrogens with zero attached hydrogens (tertiary/aromatic N) is 1. The predicted octanol–water partition coefficient (Wildman–Crippen LogP) is 2.68. The molecule has 1 atom stereocenters. The summed E-state index contributed by atoms with van der Waals surface area (Å²) in [4.78, 5) is 26.0. The highest BCUT2D eigenvalue weighted by molar-refractivity contribution is 7.80. The third-order valence-electron chi connectivity index (χ3n) is 4.01. The highest BCUT2D eigenvalue weighted by atomic mass is 32.1. The monoisotopic (exact) mass is 358 g/mol. The maximum atomic E-state index is 12.9. The molecule has 0 saturated carbocycles. The molecule has 5 nitrogen and oxygen atoms in total. The molecule has 1 aliphatic heterocycles. The van der Waals surface area contributed by atoms with Crippen LogP contribution in [0.15, 0.2) is 42.5 Å². The first kappa shape index (κ1) is 17.0. The zero-order valence-electron chi connectivity index (χ0n) is 13.4. The van der Waals surface area contributed by atoms with Crippen LogP contribution in [0, 0.1) is 5.82 Å². The number of carbonyl (C=O) groups is 2. The normalized spacial score (nSPS) is 14.4. The van der Waals surface area contributed by atoms with Crippen LogP contribution in [0.3, 0.4) is 0 Å². The number of ether oxygens (including phenoxy) is 1. The van der Waals surface area contributed by atoms with E-state index in [9.17, 15) is 14.0 Å². The summed E-state index contributed by atoms with van der Waals surface area (Å²) in [6.07, 6.45) is 0. The lowest BCUT2D eigenvalue weighted by atomic mass is 10.1. The molecule has 2 aromatic carbocycles. The smallest absolute Gasteiger partial charge is 0.262 e. The molecule has 2 N–H and O–H groups in total. The van der Waals surface area contributed by atoms with E-state index in [2.05, 4.69) is 0 Å². The van der Waals surface area contributed by atoms with E-state index in [1.165, 1.54) is 18.2 Å². The van der Waals surface area contributed by atoms with Gasteiger partial charge in [0.15, 0.2) is 0 Å². The second-order valence-electron chi connectivity index (χ2n) is 5.68. The quantitative estimate of drug-likeness (QED) is 0.657. The third-order valence-corrected chi connectivity index (χ3v) is 4.35. The lowest BCUT2D eigenvalue weighted by Crippen LogP contribution is -2.45. The summed E-state index contributed by atoms with van der Waals surface area (Å²) < 4.78 is 18.5. The zero-order chi connectivity index (χ0) is 18.1. The molecule has 0 bridgehead atoms. The van der Waals surface area contributed by atoms with E-state index in [-0.39, 0.29) is 23.0 Å². The SMILES string of the molecule is C[C@@H](C(N)=S)N1C(=O)c2ccc(OCc3ccc(F)cc3)cc2C1=O. The van der Waals surface area contributed by atoms with Gasteiger partial charge in [0.1, 0.15) is 18.2 Å². The van der Waals surface area contributed by atoms with E-state index in [4.69, 9.17) is 22.7 Å². The number of benzene rings is 2. The lowest BCUT2D eigenvalue weighted by molar-refractivity contribution is 0.0635. The standard InChI is InChI=1S/C18H15FN2O3S/c1-10(16(20)25)21-17(22)14-7-6-13(8-15(14)18(21)23)24-9-11-2-4-12(19)5-3-11/h2-8,10H,9H2,1H3,(H2,20,25)/t10-/m0/s1. The number of halogens is 1. The van der Waals surface area contributed by atoms with Gasteiger partial charge in [-0.25, -0.2) is 4.39 Å². The molecule has 7 heteroatoms. The van der Waals surface area contributed by atoms with Crippen LogP contribution in [-0.2, 0) is 6.61 Å². The van der Waals surface area contributed by atoms with Gasteiger partial charge in [-0.1, -0.05) is 24.4 Å². The van der Waals surface area contributed by atoms with E-state index >= 15 is 0 Å². The summed E-state index contributed by atoms with van der Waals surface area (Å²) in [5.41, 5.74) is 6.89. The second-order valence-corrected chi connectivity index (χ2v) is 6.15. The first-order chi connectivity index (χ1) is 11.9. The molecule has 0 unspecified atom stereocenters. The summed E-state index contributed by atoms with van der Waals surface area (Å²) in [5, 5.41) is 0. The molecule has 1 heterocycles. The van der Waals surface area contributed by atoms with Gasteiger partial charge >= 0.3 is 0 Å². The van der Waals surface area contributed by atoms with Crippen molar-refractivity contribution in [2.45, 2.75) is 19.6 Å². The summed E-state index contributed by atoms with van der Waals surface area (Å²) >= 11 is 4.88. The first-order valence-corrected chi connectivity index (χ1v) is 7.98. The average Bonchev–Trinajstić information content (AvgIpc) is 2.84. The molecule has 2 aromatic rings. The summed E-state index contributed by atoms with van der Waals surface area (Å²) in [7, 11) is 0. The van der Waals surface area contributed by atoms with E-state index in [1.807, 2.05) is 0 Å². The Hall–Kier alpha value is -2.80. The van der Waals surface area contributed by atoms with Crippen molar-refractivity contribution in [2.24, 2.45) is 5.73 Å². The van der Waals surface area contributed by atoms with Crippen LogP contribution in [-0.4, -0.2) is 27.7 Å². The van der Waals surface area contributed by atoms with Crippen LogP contribution in [0.1, 0.15) is 33.2 Å². The van der Waals surface area contributed by atoms with Crippen LogP contribution in [0.5, 0.6) is 5.75 Å². The molecule has 0 aromatic heterocycles. The Morgan fingerprint density at radius 2 is 1.80 bits per heavy atom. The highest BCUT2D eigenvalue weighted by Gasteiger charge is 2.39. The number of fused-ring (bicyclic) bond motifs is 1. The summed E-state index contributed by atoms with van der Waals surface area (Å²) in [6.45, 7) is 1.82. The van der Waals surface area contributed by atoms with Crippen LogP contribution in [0.2, 0.25) is 0 Å². The van der Waals surface area contributed by atoms with Gasteiger partial charge in [0.25, 0.3) is 11.8 Å². The number of hydrogen-bond acceptors (Lipinski definition) is 4. The molecule has 1 aliphatic rings. The van der Waals surface area contributed by atoms with E-state index in [0.29, 0.717) is 11.3 Å². The Balaban J connectivity index is 1.79. The molecule has 0 spiro atoms. The van der Waals surface area contributed by atoms with Crippen molar-refractivity contribution < 1.29 is 18.7 Å². The molecule has 25 heavy (non-hydrogen) atoms. The van der Waals surface area contributed by atoms with Gasteiger partial charge < -0.3 is 10.5 Å². The first-order valence-electron chi connectivity index (χ1n) is 7.57. The molecule has 128 valence electrons. The number of rotatable bonds is 5. The molecular weight excluding hydrogens is 343 g/mol. The van der Waals surface area contributed by atoms with Crippen LogP contribution < -0.4 is 10.5 Å². The van der Waals surface area contributed by atoms with E-state index in [0.717, 1.165) is 10.5 Å². The topological polar surface area (TPSA) is 72.6 Å². The van der Waals surface area contributed by atoms with Gasteiger partial charge in [-0.2, -0.15) is 0 Å². The van der Waals surface area contributed by atoms with Gasteiger partial charge in [-0.15, -0.1) is 0 Å². The number of amides is 2. The minimum absolute atomic E-state index is 0.0716. The van der Waals surface area contributed by atoms with Crippen LogP contribution >= 0.6 is 12.2 Å². The number of imide groups is 1. The molecule has 3 rings (SSSR count). The zero-order valence-corrected chi connectivity index (χ0v) is 14.2.